The lowest BCUT2D eigenvalue weighted by Gasteiger charge is -2.17. The first-order valence-electron chi connectivity index (χ1n) is 6.45. The van der Waals surface area contributed by atoms with Crippen molar-refractivity contribution in [3.63, 3.8) is 0 Å². The van der Waals surface area contributed by atoms with Crippen LogP contribution in [0.4, 0.5) is 0 Å². The first kappa shape index (κ1) is 11.4. The standard InChI is InChI=1S/C16H12N2O2/c1-16(20)11-7-3-5-9-13(11)18-14(19)10-6-2-4-8-12(10)17-15(16)18/h2-9,20H,1H3/t16-/m0/s1. The lowest BCUT2D eigenvalue weighted by molar-refractivity contribution is 0.0983. The molecule has 98 valence electrons. The molecule has 0 amide bonds. The molecule has 0 fully saturated rings. The Labute approximate surface area is 114 Å². The number of hydrogen-bond donors (Lipinski definition) is 1. The van der Waals surface area contributed by atoms with Crippen LogP contribution in [0.15, 0.2) is 53.3 Å². The Morgan fingerprint density at radius 3 is 2.65 bits per heavy atom. The Balaban J connectivity index is 2.24. The van der Waals surface area contributed by atoms with E-state index in [1.54, 1.807) is 19.1 Å². The molecular weight excluding hydrogens is 252 g/mol. The van der Waals surface area contributed by atoms with Gasteiger partial charge in [-0.05, 0) is 25.1 Å². The minimum Gasteiger partial charge on any atom is -0.377 e. The molecule has 4 nitrogen and oxygen atoms in total. The smallest absolute Gasteiger partial charge is 0.266 e. The molecule has 0 radical (unpaired) electrons. The van der Waals surface area contributed by atoms with Gasteiger partial charge in [-0.2, -0.15) is 0 Å². The van der Waals surface area contributed by atoms with Gasteiger partial charge in [0.15, 0.2) is 5.82 Å². The molecule has 1 aliphatic rings. The fourth-order valence-electron chi connectivity index (χ4n) is 2.88. The number of hydrogen-bond acceptors (Lipinski definition) is 3. The summed E-state index contributed by atoms with van der Waals surface area (Å²) >= 11 is 0. The van der Waals surface area contributed by atoms with Crippen molar-refractivity contribution in [1.29, 1.82) is 0 Å². The summed E-state index contributed by atoms with van der Waals surface area (Å²) in [5, 5.41) is 11.3. The van der Waals surface area contributed by atoms with Crippen molar-refractivity contribution < 1.29 is 5.11 Å². The number of nitrogens with zero attached hydrogens (tertiary/aromatic N) is 2. The zero-order chi connectivity index (χ0) is 13.9. The predicted molar refractivity (Wildman–Crippen MR) is 76.0 cm³/mol. The van der Waals surface area contributed by atoms with E-state index in [4.69, 9.17) is 0 Å². The van der Waals surface area contributed by atoms with E-state index >= 15 is 0 Å². The van der Waals surface area contributed by atoms with Crippen LogP contribution in [0.5, 0.6) is 0 Å². The monoisotopic (exact) mass is 264 g/mol. The number of para-hydroxylation sites is 2. The van der Waals surface area contributed by atoms with Gasteiger partial charge in [-0.1, -0.05) is 30.3 Å². The SMILES string of the molecule is C[C@]1(O)c2ccccc2-n2c1nc1ccccc1c2=O. The molecule has 0 spiro atoms. The molecule has 0 aliphatic carbocycles. The molecule has 1 N–H and O–H groups in total. The van der Waals surface area contributed by atoms with Gasteiger partial charge in [0, 0.05) is 5.56 Å². The molecule has 2 heterocycles. The quantitative estimate of drug-likeness (QED) is 0.675. The van der Waals surface area contributed by atoms with Crippen LogP contribution in [-0.4, -0.2) is 14.7 Å². The topological polar surface area (TPSA) is 55.1 Å². The molecule has 1 aliphatic heterocycles. The highest BCUT2D eigenvalue weighted by atomic mass is 16.3. The first-order chi connectivity index (χ1) is 9.60. The van der Waals surface area contributed by atoms with Crippen molar-refractivity contribution in [1.82, 2.24) is 9.55 Å². The lowest BCUT2D eigenvalue weighted by Crippen LogP contribution is -2.27. The Morgan fingerprint density at radius 1 is 1.10 bits per heavy atom. The van der Waals surface area contributed by atoms with Gasteiger partial charge in [-0.25, -0.2) is 4.98 Å². The van der Waals surface area contributed by atoms with E-state index in [2.05, 4.69) is 4.98 Å². The number of fused-ring (bicyclic) bond motifs is 4. The molecule has 1 aromatic heterocycles. The van der Waals surface area contributed by atoms with Crippen molar-refractivity contribution in [3.8, 4) is 5.69 Å². The van der Waals surface area contributed by atoms with E-state index in [1.807, 2.05) is 36.4 Å². The van der Waals surface area contributed by atoms with Gasteiger partial charge < -0.3 is 5.11 Å². The highest BCUT2D eigenvalue weighted by Gasteiger charge is 2.40. The maximum absolute atomic E-state index is 12.7. The summed E-state index contributed by atoms with van der Waals surface area (Å²) in [6, 6.07) is 14.6. The molecular formula is C16H12N2O2. The predicted octanol–water partition coefficient (Wildman–Crippen LogP) is 1.95. The average molecular weight is 264 g/mol. The number of aromatic nitrogens is 2. The molecule has 4 heteroatoms. The van der Waals surface area contributed by atoms with Crippen LogP contribution in [0.2, 0.25) is 0 Å². The Kier molecular flexibility index (Phi) is 2.02. The summed E-state index contributed by atoms with van der Waals surface area (Å²) in [4.78, 5) is 17.2. The number of benzene rings is 2. The maximum Gasteiger partial charge on any atom is 0.266 e. The Bertz CT molecular complexity index is 910. The van der Waals surface area contributed by atoms with Gasteiger partial charge in [0.1, 0.15) is 5.60 Å². The Hall–Kier alpha value is -2.46. The molecule has 0 bridgehead atoms. The molecule has 0 saturated heterocycles. The van der Waals surface area contributed by atoms with Crippen LogP contribution in [0, 0.1) is 0 Å². The second-order valence-electron chi connectivity index (χ2n) is 5.18. The number of rotatable bonds is 0. The minimum absolute atomic E-state index is 0.143. The Morgan fingerprint density at radius 2 is 1.80 bits per heavy atom. The highest BCUT2D eigenvalue weighted by Crippen LogP contribution is 2.38. The molecule has 0 saturated carbocycles. The van der Waals surface area contributed by atoms with Crippen LogP contribution in [0.3, 0.4) is 0 Å². The van der Waals surface area contributed by atoms with Gasteiger partial charge in [-0.15, -0.1) is 0 Å². The van der Waals surface area contributed by atoms with E-state index in [0.717, 1.165) is 0 Å². The van der Waals surface area contributed by atoms with Crippen LogP contribution in [0.25, 0.3) is 16.6 Å². The summed E-state index contributed by atoms with van der Waals surface area (Å²) < 4.78 is 1.51. The van der Waals surface area contributed by atoms with Gasteiger partial charge in [0.2, 0.25) is 0 Å². The fourth-order valence-corrected chi connectivity index (χ4v) is 2.88. The third-order valence-corrected chi connectivity index (χ3v) is 3.88. The molecule has 20 heavy (non-hydrogen) atoms. The van der Waals surface area contributed by atoms with Crippen LogP contribution in [-0.2, 0) is 5.60 Å². The molecule has 1 atom stereocenters. The van der Waals surface area contributed by atoms with E-state index in [0.29, 0.717) is 28.0 Å². The van der Waals surface area contributed by atoms with Crippen molar-refractivity contribution in [2.24, 2.45) is 0 Å². The summed E-state index contributed by atoms with van der Waals surface area (Å²) in [6.07, 6.45) is 0. The molecule has 0 unspecified atom stereocenters. The van der Waals surface area contributed by atoms with E-state index < -0.39 is 5.60 Å². The zero-order valence-electron chi connectivity index (χ0n) is 10.9. The van der Waals surface area contributed by atoms with E-state index in [-0.39, 0.29) is 5.56 Å². The average Bonchev–Trinajstić information content (AvgIpc) is 2.69. The third kappa shape index (κ3) is 1.24. The fraction of sp³-hybridized carbons (Fsp3) is 0.125. The molecule has 4 rings (SSSR count). The molecule has 3 aromatic rings. The summed E-state index contributed by atoms with van der Waals surface area (Å²) in [5.74, 6) is 0.377. The zero-order valence-corrected chi connectivity index (χ0v) is 10.9. The highest BCUT2D eigenvalue weighted by molar-refractivity contribution is 5.78. The largest absolute Gasteiger partial charge is 0.377 e. The summed E-state index contributed by atoms with van der Waals surface area (Å²) in [7, 11) is 0. The number of aliphatic hydroxyl groups is 1. The third-order valence-electron chi connectivity index (χ3n) is 3.88. The van der Waals surface area contributed by atoms with Crippen LogP contribution in [0.1, 0.15) is 18.3 Å². The summed E-state index contributed by atoms with van der Waals surface area (Å²) in [6.45, 7) is 1.67. The van der Waals surface area contributed by atoms with Crippen molar-refractivity contribution in [3.05, 3.63) is 70.3 Å². The normalized spacial score (nSPS) is 19.9. The second kappa shape index (κ2) is 3.55. The summed E-state index contributed by atoms with van der Waals surface area (Å²) in [5.41, 5.74) is 0.628. The van der Waals surface area contributed by atoms with Crippen LogP contribution < -0.4 is 5.56 Å². The second-order valence-corrected chi connectivity index (χ2v) is 5.18. The molecule has 2 aromatic carbocycles. The van der Waals surface area contributed by atoms with Crippen LogP contribution >= 0.6 is 0 Å². The van der Waals surface area contributed by atoms with Gasteiger partial charge in [-0.3, -0.25) is 9.36 Å². The van der Waals surface area contributed by atoms with Gasteiger partial charge in [0.05, 0.1) is 16.6 Å². The van der Waals surface area contributed by atoms with Crippen molar-refractivity contribution >= 4 is 10.9 Å². The first-order valence-corrected chi connectivity index (χ1v) is 6.45. The minimum atomic E-state index is -1.25. The van der Waals surface area contributed by atoms with E-state index in [1.165, 1.54) is 4.57 Å². The van der Waals surface area contributed by atoms with Crippen molar-refractivity contribution in [2.45, 2.75) is 12.5 Å². The van der Waals surface area contributed by atoms with E-state index in [9.17, 15) is 9.90 Å². The van der Waals surface area contributed by atoms with Gasteiger partial charge in [0.25, 0.3) is 5.56 Å². The van der Waals surface area contributed by atoms with Crippen molar-refractivity contribution in [2.75, 3.05) is 0 Å². The lowest BCUT2D eigenvalue weighted by atomic mass is 9.97. The van der Waals surface area contributed by atoms with Gasteiger partial charge >= 0.3 is 0 Å². The maximum atomic E-state index is 12.7.